The highest BCUT2D eigenvalue weighted by molar-refractivity contribution is 7.92. The minimum Gasteiger partial charge on any atom is -0.495 e. The van der Waals surface area contributed by atoms with Crippen LogP contribution in [0.25, 0.3) is 0 Å². The highest BCUT2D eigenvalue weighted by atomic mass is 32.2. The molecule has 0 aliphatic heterocycles. The number of aromatic nitrogens is 1. The molecule has 0 fully saturated rings. The van der Waals surface area contributed by atoms with E-state index >= 15 is 0 Å². The second-order valence-electron chi connectivity index (χ2n) is 7.23. The van der Waals surface area contributed by atoms with Gasteiger partial charge in [0.15, 0.2) is 9.84 Å². The van der Waals surface area contributed by atoms with E-state index in [4.69, 9.17) is 9.47 Å². The van der Waals surface area contributed by atoms with Gasteiger partial charge in [-0.2, -0.15) is 0 Å². The number of hydrogen-bond donors (Lipinski definition) is 1. The van der Waals surface area contributed by atoms with Crippen molar-refractivity contribution in [2.75, 3.05) is 20.3 Å². The molecule has 0 saturated carbocycles. The van der Waals surface area contributed by atoms with Gasteiger partial charge in [0.1, 0.15) is 21.6 Å². The first-order valence-electron chi connectivity index (χ1n) is 10.2. The Morgan fingerprint density at radius 1 is 1.03 bits per heavy atom. The number of rotatable bonds is 10. The molecular formula is C23H26N2O6S2. The van der Waals surface area contributed by atoms with E-state index < -0.39 is 25.1 Å². The Kier molecular flexibility index (Phi) is 7.72. The van der Waals surface area contributed by atoms with Crippen LogP contribution in [-0.4, -0.2) is 42.1 Å². The lowest BCUT2D eigenvalue weighted by molar-refractivity contribution is 0.340. The molecule has 1 N–H and O–H groups in total. The number of benzene rings is 2. The van der Waals surface area contributed by atoms with E-state index in [0.717, 1.165) is 5.56 Å². The summed E-state index contributed by atoms with van der Waals surface area (Å²) in [5.74, 6) is 0.710. The van der Waals surface area contributed by atoms with Crippen LogP contribution in [0.1, 0.15) is 23.3 Å². The summed E-state index contributed by atoms with van der Waals surface area (Å²) >= 11 is 0. The van der Waals surface area contributed by atoms with Crippen molar-refractivity contribution in [3.05, 3.63) is 78.1 Å². The lowest BCUT2D eigenvalue weighted by Crippen LogP contribution is -2.32. The molecule has 0 aliphatic carbocycles. The van der Waals surface area contributed by atoms with Crippen LogP contribution in [0.4, 0.5) is 0 Å². The molecule has 33 heavy (non-hydrogen) atoms. The zero-order valence-electron chi connectivity index (χ0n) is 18.6. The number of aryl methyl sites for hydroxylation is 1. The van der Waals surface area contributed by atoms with Crippen molar-refractivity contribution < 1.29 is 26.3 Å². The molecular weight excluding hydrogens is 464 g/mol. The molecule has 1 heterocycles. The zero-order chi connectivity index (χ0) is 24.1. The average molecular weight is 491 g/mol. The van der Waals surface area contributed by atoms with Crippen molar-refractivity contribution in [3.63, 3.8) is 0 Å². The third-order valence-corrected chi connectivity index (χ3v) is 8.52. The summed E-state index contributed by atoms with van der Waals surface area (Å²) in [6.07, 6.45) is 2.93. The van der Waals surface area contributed by atoms with Gasteiger partial charge >= 0.3 is 0 Å². The fourth-order valence-corrected chi connectivity index (χ4v) is 6.34. The molecule has 8 nitrogen and oxygen atoms in total. The average Bonchev–Trinajstić information content (AvgIpc) is 2.80. The zero-order valence-corrected chi connectivity index (χ0v) is 20.2. The van der Waals surface area contributed by atoms with Crippen LogP contribution in [0.15, 0.2) is 76.8 Å². The fraction of sp³-hybridized carbons (Fsp3) is 0.261. The molecule has 0 aliphatic rings. The molecule has 0 amide bonds. The normalized spacial score (nSPS) is 12.8. The van der Waals surface area contributed by atoms with E-state index in [0.29, 0.717) is 17.9 Å². The maximum Gasteiger partial charge on any atom is 0.244 e. The summed E-state index contributed by atoms with van der Waals surface area (Å²) in [6.45, 7) is 3.65. The van der Waals surface area contributed by atoms with Crippen LogP contribution in [0.3, 0.4) is 0 Å². The van der Waals surface area contributed by atoms with Gasteiger partial charge in [0.2, 0.25) is 10.0 Å². The predicted molar refractivity (Wildman–Crippen MR) is 125 cm³/mol. The Labute approximate surface area is 194 Å². The van der Waals surface area contributed by atoms with Crippen LogP contribution in [-0.2, 0) is 19.9 Å². The van der Waals surface area contributed by atoms with Crippen molar-refractivity contribution in [1.29, 1.82) is 0 Å². The van der Waals surface area contributed by atoms with Crippen LogP contribution < -0.4 is 14.2 Å². The van der Waals surface area contributed by atoms with Gasteiger partial charge < -0.3 is 9.47 Å². The Morgan fingerprint density at radius 3 is 2.36 bits per heavy atom. The second kappa shape index (κ2) is 10.3. The summed E-state index contributed by atoms with van der Waals surface area (Å²) in [5, 5.41) is -1.20. The van der Waals surface area contributed by atoms with Crippen molar-refractivity contribution in [2.45, 2.75) is 28.9 Å². The van der Waals surface area contributed by atoms with Crippen molar-refractivity contribution in [2.24, 2.45) is 0 Å². The van der Waals surface area contributed by atoms with E-state index in [-0.39, 0.29) is 22.1 Å². The lowest BCUT2D eigenvalue weighted by atomic mass is 10.2. The third-order valence-electron chi connectivity index (χ3n) is 4.96. The Morgan fingerprint density at radius 2 is 1.76 bits per heavy atom. The fourth-order valence-electron chi connectivity index (χ4n) is 3.29. The maximum atomic E-state index is 13.5. The van der Waals surface area contributed by atoms with E-state index in [9.17, 15) is 16.8 Å². The summed E-state index contributed by atoms with van der Waals surface area (Å²) in [7, 11) is -6.66. The molecule has 176 valence electrons. The summed E-state index contributed by atoms with van der Waals surface area (Å²) in [6, 6.07) is 14.0. The van der Waals surface area contributed by atoms with Gasteiger partial charge in [-0.15, -0.1) is 0 Å². The number of ether oxygens (including phenoxy) is 2. The molecule has 10 heteroatoms. The van der Waals surface area contributed by atoms with Crippen LogP contribution in [0.2, 0.25) is 0 Å². The number of hydrogen-bond acceptors (Lipinski definition) is 7. The molecule has 2 aromatic carbocycles. The Hall–Kier alpha value is -2.95. The second-order valence-corrected chi connectivity index (χ2v) is 11.1. The van der Waals surface area contributed by atoms with Crippen LogP contribution in [0, 0.1) is 6.92 Å². The molecule has 1 aromatic heterocycles. The first-order chi connectivity index (χ1) is 15.7. The molecule has 3 rings (SSSR count). The summed E-state index contributed by atoms with van der Waals surface area (Å²) in [5.41, 5.74) is 1.09. The molecule has 1 atom stereocenters. The van der Waals surface area contributed by atoms with Crippen molar-refractivity contribution in [3.8, 4) is 11.5 Å². The predicted octanol–water partition coefficient (Wildman–Crippen LogP) is 3.29. The summed E-state index contributed by atoms with van der Waals surface area (Å²) < 4.78 is 66.1. The van der Waals surface area contributed by atoms with E-state index in [1.165, 1.54) is 37.7 Å². The molecule has 0 radical (unpaired) electrons. The van der Waals surface area contributed by atoms with Crippen molar-refractivity contribution in [1.82, 2.24) is 9.71 Å². The van der Waals surface area contributed by atoms with Gasteiger partial charge in [-0.1, -0.05) is 12.1 Å². The van der Waals surface area contributed by atoms with E-state index in [2.05, 4.69) is 9.71 Å². The van der Waals surface area contributed by atoms with Gasteiger partial charge in [-0.3, -0.25) is 4.98 Å². The first-order valence-corrected chi connectivity index (χ1v) is 13.2. The van der Waals surface area contributed by atoms with Gasteiger partial charge in [-0.25, -0.2) is 21.6 Å². The summed E-state index contributed by atoms with van der Waals surface area (Å²) in [4.78, 5) is 4.00. The molecule has 0 spiro atoms. The smallest absolute Gasteiger partial charge is 0.244 e. The largest absolute Gasteiger partial charge is 0.495 e. The minimum atomic E-state index is -4.06. The molecule has 0 saturated heterocycles. The highest BCUT2D eigenvalue weighted by Crippen LogP contribution is 2.31. The highest BCUT2D eigenvalue weighted by Gasteiger charge is 2.32. The van der Waals surface area contributed by atoms with Gasteiger partial charge in [0, 0.05) is 18.9 Å². The standard InChI is InChI=1S/C23H26N2O6S2/c1-4-31-19-8-10-20(11-9-19)32(26,27)23(18-6-5-13-24-15-18)16-25-33(28,29)22-14-17(2)7-12-21(22)30-3/h5-15,23,25H,4,16H2,1-3H3. The Balaban J connectivity index is 1.97. The SMILES string of the molecule is CCOc1ccc(S(=O)(=O)C(CNS(=O)(=O)c2cc(C)ccc2OC)c2cccnc2)cc1. The monoisotopic (exact) mass is 490 g/mol. The number of sulfone groups is 1. The number of nitrogens with one attached hydrogen (secondary N) is 1. The lowest BCUT2D eigenvalue weighted by Gasteiger charge is -2.19. The first kappa shape index (κ1) is 24.7. The van der Waals surface area contributed by atoms with E-state index in [1.807, 2.05) is 6.92 Å². The van der Waals surface area contributed by atoms with Gasteiger partial charge in [0.05, 0.1) is 18.6 Å². The number of nitrogens with zero attached hydrogens (tertiary/aromatic N) is 1. The molecule has 0 bridgehead atoms. The van der Waals surface area contributed by atoms with Gasteiger partial charge in [0.25, 0.3) is 0 Å². The topological polar surface area (TPSA) is 112 Å². The third kappa shape index (κ3) is 5.70. The quantitative estimate of drug-likeness (QED) is 0.464. The maximum absolute atomic E-state index is 13.5. The Bertz CT molecular complexity index is 1290. The van der Waals surface area contributed by atoms with Crippen LogP contribution in [0.5, 0.6) is 11.5 Å². The number of sulfonamides is 1. The molecule has 3 aromatic rings. The number of methoxy groups -OCH3 is 1. The van der Waals surface area contributed by atoms with E-state index in [1.54, 1.807) is 43.3 Å². The minimum absolute atomic E-state index is 0.0483. The van der Waals surface area contributed by atoms with Crippen LogP contribution >= 0.6 is 0 Å². The molecule has 1 unspecified atom stereocenters. The van der Waals surface area contributed by atoms with Gasteiger partial charge in [-0.05, 0) is 67.4 Å². The number of pyridine rings is 1. The van der Waals surface area contributed by atoms with Crippen molar-refractivity contribution >= 4 is 19.9 Å².